The number of aliphatic hydroxyl groups is 1. The molecule has 35 heavy (non-hydrogen) atoms. The monoisotopic (exact) mass is 473 g/mol. The summed E-state index contributed by atoms with van der Waals surface area (Å²) in [6, 6.07) is 9.97. The number of fused-ring (bicyclic) bond motifs is 1. The van der Waals surface area contributed by atoms with Gasteiger partial charge in [0.05, 0.1) is 26.1 Å². The van der Waals surface area contributed by atoms with Crippen LogP contribution in [0.25, 0.3) is 11.1 Å². The lowest BCUT2D eigenvalue weighted by Crippen LogP contribution is -2.40. The average Bonchev–Trinajstić information content (AvgIpc) is 3.20. The number of aromatic nitrogens is 1. The van der Waals surface area contributed by atoms with Crippen molar-refractivity contribution in [2.24, 2.45) is 0 Å². The van der Waals surface area contributed by atoms with Crippen molar-refractivity contribution in [3.8, 4) is 11.1 Å². The highest BCUT2D eigenvalue weighted by Gasteiger charge is 2.20. The molecule has 3 aliphatic rings. The molecule has 1 fully saturated rings. The molecule has 1 saturated heterocycles. The van der Waals surface area contributed by atoms with Crippen LogP contribution in [-0.2, 0) is 15.9 Å². The van der Waals surface area contributed by atoms with E-state index in [-0.39, 0.29) is 5.91 Å². The lowest BCUT2D eigenvalue weighted by Gasteiger charge is -2.27. The summed E-state index contributed by atoms with van der Waals surface area (Å²) in [5.41, 5.74) is 6.25. The van der Waals surface area contributed by atoms with Gasteiger partial charge in [0.15, 0.2) is 0 Å². The SMILES string of the molecule is CO.COC1=CC=CC=C(C2=CNc3ncc(-c4cccc(C(=O)N5CCOCC5)c4)cc3C2)C1. The van der Waals surface area contributed by atoms with Crippen LogP contribution in [0.4, 0.5) is 5.82 Å². The minimum Gasteiger partial charge on any atom is -0.501 e. The minimum atomic E-state index is 0.0494. The number of nitrogens with zero attached hydrogens (tertiary/aromatic N) is 2. The van der Waals surface area contributed by atoms with Crippen LogP contribution in [0.2, 0.25) is 0 Å². The number of carbonyl (C=O) groups excluding carboxylic acids is 1. The molecule has 2 N–H and O–H groups in total. The number of hydrogen-bond donors (Lipinski definition) is 2. The Morgan fingerprint density at radius 1 is 1.06 bits per heavy atom. The predicted molar refractivity (Wildman–Crippen MR) is 137 cm³/mol. The summed E-state index contributed by atoms with van der Waals surface area (Å²) in [4.78, 5) is 19.4. The fraction of sp³-hybridized carbons (Fsp3) is 0.286. The first-order valence-corrected chi connectivity index (χ1v) is 11.7. The Hall–Kier alpha value is -3.68. The van der Waals surface area contributed by atoms with E-state index in [0.717, 1.165) is 48.2 Å². The van der Waals surface area contributed by atoms with E-state index < -0.39 is 0 Å². The number of aliphatic hydroxyl groups excluding tert-OH is 1. The van der Waals surface area contributed by atoms with Gasteiger partial charge in [-0.15, -0.1) is 0 Å². The van der Waals surface area contributed by atoms with Crippen molar-refractivity contribution in [2.75, 3.05) is 45.8 Å². The molecule has 5 rings (SSSR count). The number of rotatable bonds is 4. The molecule has 1 aromatic carbocycles. The fourth-order valence-electron chi connectivity index (χ4n) is 4.33. The van der Waals surface area contributed by atoms with Crippen molar-refractivity contribution in [3.63, 3.8) is 0 Å². The first-order valence-electron chi connectivity index (χ1n) is 11.7. The van der Waals surface area contributed by atoms with Gasteiger partial charge < -0.3 is 24.8 Å². The Bertz CT molecular complexity index is 1190. The first-order chi connectivity index (χ1) is 17.2. The fourth-order valence-corrected chi connectivity index (χ4v) is 4.33. The van der Waals surface area contributed by atoms with Gasteiger partial charge in [-0.05, 0) is 46.5 Å². The van der Waals surface area contributed by atoms with Gasteiger partial charge in [0.25, 0.3) is 5.91 Å². The largest absolute Gasteiger partial charge is 0.501 e. The van der Waals surface area contributed by atoms with Crippen LogP contribution in [0.5, 0.6) is 0 Å². The second-order valence-corrected chi connectivity index (χ2v) is 8.30. The number of amides is 1. The number of nitrogens with one attached hydrogen (secondary N) is 1. The zero-order chi connectivity index (χ0) is 24.6. The summed E-state index contributed by atoms with van der Waals surface area (Å²) < 4.78 is 10.9. The van der Waals surface area contributed by atoms with Crippen LogP contribution < -0.4 is 5.32 Å². The normalized spacial score (nSPS) is 16.9. The Balaban J connectivity index is 0.00000141. The molecule has 0 bridgehead atoms. The molecule has 7 nitrogen and oxygen atoms in total. The number of anilines is 1. The van der Waals surface area contributed by atoms with E-state index >= 15 is 0 Å². The van der Waals surface area contributed by atoms with Crippen molar-refractivity contribution >= 4 is 11.7 Å². The molecule has 0 unspecified atom stereocenters. The second-order valence-electron chi connectivity index (χ2n) is 8.30. The summed E-state index contributed by atoms with van der Waals surface area (Å²) in [5.74, 6) is 1.86. The molecule has 1 aromatic heterocycles. The van der Waals surface area contributed by atoms with E-state index in [9.17, 15) is 4.79 Å². The Kier molecular flexibility index (Phi) is 8.13. The Morgan fingerprint density at radius 2 is 1.86 bits per heavy atom. The Labute approximate surface area is 206 Å². The van der Waals surface area contributed by atoms with Gasteiger partial charge in [-0.25, -0.2) is 4.98 Å². The number of benzene rings is 1. The first kappa shape index (κ1) is 24.4. The molecule has 3 heterocycles. The highest BCUT2D eigenvalue weighted by Crippen LogP contribution is 2.32. The molecule has 182 valence electrons. The van der Waals surface area contributed by atoms with Crippen molar-refractivity contribution in [2.45, 2.75) is 12.8 Å². The Morgan fingerprint density at radius 3 is 2.66 bits per heavy atom. The third kappa shape index (κ3) is 5.70. The molecule has 2 aliphatic heterocycles. The van der Waals surface area contributed by atoms with E-state index in [0.29, 0.717) is 31.9 Å². The van der Waals surface area contributed by atoms with E-state index in [1.807, 2.05) is 59.8 Å². The molecular formula is C28H31N3O4. The molecule has 0 radical (unpaired) electrons. The number of pyridine rings is 1. The van der Waals surface area contributed by atoms with Gasteiger partial charge in [0.1, 0.15) is 5.82 Å². The van der Waals surface area contributed by atoms with Crippen molar-refractivity contribution in [1.82, 2.24) is 9.88 Å². The third-order valence-electron chi connectivity index (χ3n) is 6.20. The molecule has 0 atom stereocenters. The zero-order valence-corrected chi connectivity index (χ0v) is 20.2. The number of morpholine rings is 1. The zero-order valence-electron chi connectivity index (χ0n) is 20.2. The number of allylic oxidation sites excluding steroid dienone is 6. The minimum absolute atomic E-state index is 0.0494. The van der Waals surface area contributed by atoms with Crippen molar-refractivity contribution in [1.29, 1.82) is 0 Å². The summed E-state index contributed by atoms with van der Waals surface area (Å²) >= 11 is 0. The van der Waals surface area contributed by atoms with E-state index in [1.54, 1.807) is 7.11 Å². The molecular weight excluding hydrogens is 442 g/mol. The highest BCUT2D eigenvalue weighted by molar-refractivity contribution is 5.95. The lowest BCUT2D eigenvalue weighted by atomic mass is 9.93. The summed E-state index contributed by atoms with van der Waals surface area (Å²) in [6.07, 6.45) is 13.6. The van der Waals surface area contributed by atoms with Crippen LogP contribution in [-0.4, -0.2) is 61.4 Å². The number of methoxy groups -OCH3 is 1. The van der Waals surface area contributed by atoms with E-state index in [1.165, 1.54) is 11.1 Å². The van der Waals surface area contributed by atoms with Gasteiger partial charge in [-0.2, -0.15) is 0 Å². The van der Waals surface area contributed by atoms with E-state index in [4.69, 9.17) is 14.6 Å². The maximum Gasteiger partial charge on any atom is 0.254 e. The number of hydrogen-bond acceptors (Lipinski definition) is 6. The lowest BCUT2D eigenvalue weighted by molar-refractivity contribution is 0.0303. The van der Waals surface area contributed by atoms with Gasteiger partial charge in [-0.1, -0.05) is 30.4 Å². The second kappa shape index (κ2) is 11.6. The maximum absolute atomic E-state index is 12.9. The quantitative estimate of drug-likeness (QED) is 0.696. The highest BCUT2D eigenvalue weighted by atomic mass is 16.5. The van der Waals surface area contributed by atoms with Gasteiger partial charge >= 0.3 is 0 Å². The van der Waals surface area contributed by atoms with Gasteiger partial charge in [0.2, 0.25) is 0 Å². The van der Waals surface area contributed by atoms with Crippen LogP contribution >= 0.6 is 0 Å². The predicted octanol–water partition coefficient (Wildman–Crippen LogP) is 4.10. The van der Waals surface area contributed by atoms with E-state index in [2.05, 4.69) is 22.4 Å². The van der Waals surface area contributed by atoms with Crippen LogP contribution in [0.3, 0.4) is 0 Å². The molecule has 7 heteroatoms. The van der Waals surface area contributed by atoms with Crippen molar-refractivity contribution in [3.05, 3.63) is 95.1 Å². The van der Waals surface area contributed by atoms with Crippen LogP contribution in [0.1, 0.15) is 22.3 Å². The van der Waals surface area contributed by atoms with Crippen molar-refractivity contribution < 1.29 is 19.4 Å². The van der Waals surface area contributed by atoms with Gasteiger partial charge in [-0.3, -0.25) is 4.79 Å². The molecule has 0 saturated carbocycles. The topological polar surface area (TPSA) is 83.9 Å². The van der Waals surface area contributed by atoms with Gasteiger partial charge in [0, 0.05) is 56.6 Å². The van der Waals surface area contributed by atoms with Crippen LogP contribution in [0, 0.1) is 0 Å². The maximum atomic E-state index is 12.9. The summed E-state index contributed by atoms with van der Waals surface area (Å²) in [5, 5.41) is 10.3. The number of carbonyl (C=O) groups is 1. The molecule has 0 spiro atoms. The smallest absolute Gasteiger partial charge is 0.254 e. The standard InChI is InChI=1S/C27H27N3O3.CH4O/c1-32-25-8-3-2-5-20(16-25)24-15-22-14-23(17-28-26(22)29-18-24)19-6-4-7-21(13-19)27(31)30-9-11-33-12-10-30;1-2/h2-8,13-14,17-18H,9-12,15-16H2,1H3,(H,28,29);2H,1H3. The van der Waals surface area contributed by atoms with Crippen LogP contribution in [0.15, 0.2) is 83.9 Å². The third-order valence-corrected chi connectivity index (χ3v) is 6.20. The average molecular weight is 474 g/mol. The summed E-state index contributed by atoms with van der Waals surface area (Å²) in [6.45, 7) is 2.46. The molecule has 1 aliphatic carbocycles. The molecule has 1 amide bonds. The summed E-state index contributed by atoms with van der Waals surface area (Å²) in [7, 11) is 2.71. The number of ether oxygens (including phenoxy) is 2. The molecule has 2 aromatic rings.